The number of methoxy groups -OCH3 is 1. The van der Waals surface area contributed by atoms with Gasteiger partial charge in [-0.15, -0.1) is 0 Å². The SMILES string of the molecule is COc1cc(/C=C(/C#N)C(=O)NCCCc2ccccc2)cc(Cl)c1OCC(=O)Nc1ccccc1. The Bertz CT molecular complexity index is 1260. The summed E-state index contributed by atoms with van der Waals surface area (Å²) in [5.74, 6) is -0.386. The van der Waals surface area contributed by atoms with Gasteiger partial charge in [0.1, 0.15) is 11.6 Å². The molecule has 2 N–H and O–H groups in total. The van der Waals surface area contributed by atoms with Crippen LogP contribution in [0.4, 0.5) is 5.69 Å². The predicted molar refractivity (Wildman–Crippen MR) is 140 cm³/mol. The van der Waals surface area contributed by atoms with Gasteiger partial charge < -0.3 is 20.1 Å². The van der Waals surface area contributed by atoms with Crippen molar-refractivity contribution in [3.05, 3.63) is 94.5 Å². The topological polar surface area (TPSA) is 100 Å². The van der Waals surface area contributed by atoms with E-state index in [2.05, 4.69) is 10.6 Å². The van der Waals surface area contributed by atoms with Crippen molar-refractivity contribution in [1.29, 1.82) is 5.26 Å². The van der Waals surface area contributed by atoms with Crippen molar-refractivity contribution in [1.82, 2.24) is 5.32 Å². The van der Waals surface area contributed by atoms with E-state index in [-0.39, 0.29) is 34.6 Å². The van der Waals surface area contributed by atoms with Crippen LogP contribution < -0.4 is 20.1 Å². The molecule has 0 aliphatic carbocycles. The summed E-state index contributed by atoms with van der Waals surface area (Å²) in [5, 5.41) is 15.2. The number of anilines is 1. The molecule has 0 heterocycles. The quantitative estimate of drug-likeness (QED) is 0.217. The van der Waals surface area contributed by atoms with E-state index in [9.17, 15) is 14.9 Å². The van der Waals surface area contributed by atoms with Gasteiger partial charge in [0.25, 0.3) is 11.8 Å². The van der Waals surface area contributed by atoms with Crippen LogP contribution in [0.25, 0.3) is 6.08 Å². The van der Waals surface area contributed by atoms with E-state index in [1.165, 1.54) is 24.8 Å². The summed E-state index contributed by atoms with van der Waals surface area (Å²) in [6.07, 6.45) is 3.00. The Kier molecular flexibility index (Phi) is 9.92. The first kappa shape index (κ1) is 26.3. The van der Waals surface area contributed by atoms with E-state index in [0.29, 0.717) is 17.8 Å². The lowest BCUT2D eigenvalue weighted by Crippen LogP contribution is -2.25. The molecule has 3 rings (SSSR count). The Hall–Kier alpha value is -4.28. The molecule has 0 atom stereocenters. The molecule has 0 aliphatic rings. The van der Waals surface area contributed by atoms with Gasteiger partial charge >= 0.3 is 0 Å². The molecule has 0 fully saturated rings. The van der Waals surface area contributed by atoms with Gasteiger partial charge in [0.2, 0.25) is 0 Å². The van der Waals surface area contributed by atoms with Crippen LogP contribution in [0, 0.1) is 11.3 Å². The number of aryl methyl sites for hydroxylation is 1. The largest absolute Gasteiger partial charge is 0.493 e. The van der Waals surface area contributed by atoms with E-state index in [1.807, 2.05) is 54.6 Å². The summed E-state index contributed by atoms with van der Waals surface area (Å²) in [6, 6.07) is 24.0. The zero-order valence-electron chi connectivity index (χ0n) is 19.8. The molecule has 0 aliphatic heterocycles. The van der Waals surface area contributed by atoms with Crippen LogP contribution in [0.1, 0.15) is 17.5 Å². The van der Waals surface area contributed by atoms with E-state index < -0.39 is 5.91 Å². The minimum Gasteiger partial charge on any atom is -0.493 e. The maximum absolute atomic E-state index is 12.5. The average Bonchev–Trinajstić information content (AvgIpc) is 2.89. The van der Waals surface area contributed by atoms with Crippen molar-refractivity contribution in [3.63, 3.8) is 0 Å². The van der Waals surface area contributed by atoms with Crippen LogP contribution in [0.3, 0.4) is 0 Å². The van der Waals surface area contributed by atoms with Crippen LogP contribution in [0.15, 0.2) is 78.4 Å². The summed E-state index contributed by atoms with van der Waals surface area (Å²) in [7, 11) is 1.43. The number of nitrogens with zero attached hydrogens (tertiary/aromatic N) is 1. The fraction of sp³-hybridized carbons (Fsp3) is 0.179. The van der Waals surface area contributed by atoms with Crippen LogP contribution in [0.5, 0.6) is 11.5 Å². The normalized spacial score (nSPS) is 10.8. The summed E-state index contributed by atoms with van der Waals surface area (Å²) in [4.78, 5) is 24.7. The number of carbonyl (C=O) groups is 2. The maximum Gasteiger partial charge on any atom is 0.262 e. The van der Waals surface area contributed by atoms with Gasteiger partial charge in [-0.25, -0.2) is 0 Å². The fourth-order valence-corrected chi connectivity index (χ4v) is 3.64. The number of amides is 2. The number of carbonyl (C=O) groups excluding carboxylic acids is 2. The molecule has 7 nitrogen and oxygen atoms in total. The second kappa shape index (κ2) is 13.6. The molecule has 3 aromatic carbocycles. The highest BCUT2D eigenvalue weighted by Crippen LogP contribution is 2.37. The number of hydrogen-bond acceptors (Lipinski definition) is 5. The highest BCUT2D eigenvalue weighted by molar-refractivity contribution is 6.32. The van der Waals surface area contributed by atoms with Crippen molar-refractivity contribution in [2.45, 2.75) is 12.8 Å². The molecule has 0 spiro atoms. The van der Waals surface area contributed by atoms with Crippen molar-refractivity contribution < 1.29 is 19.1 Å². The van der Waals surface area contributed by atoms with E-state index in [0.717, 1.165) is 12.8 Å². The van der Waals surface area contributed by atoms with E-state index >= 15 is 0 Å². The first-order chi connectivity index (χ1) is 17.5. The highest BCUT2D eigenvalue weighted by atomic mass is 35.5. The van der Waals surface area contributed by atoms with Crippen LogP contribution in [-0.4, -0.2) is 32.1 Å². The Morgan fingerprint density at radius 3 is 2.42 bits per heavy atom. The average molecular weight is 504 g/mol. The Morgan fingerprint density at radius 2 is 1.75 bits per heavy atom. The lowest BCUT2D eigenvalue weighted by atomic mass is 10.1. The molecule has 0 radical (unpaired) electrons. The van der Waals surface area contributed by atoms with Gasteiger partial charge in [0, 0.05) is 12.2 Å². The Morgan fingerprint density at radius 1 is 1.06 bits per heavy atom. The van der Waals surface area contributed by atoms with Crippen molar-refractivity contribution in [2.24, 2.45) is 0 Å². The van der Waals surface area contributed by atoms with Gasteiger partial charge in [-0.2, -0.15) is 5.26 Å². The third-order valence-corrected chi connectivity index (χ3v) is 5.38. The van der Waals surface area contributed by atoms with Gasteiger partial charge in [-0.05, 0) is 54.3 Å². The summed E-state index contributed by atoms with van der Waals surface area (Å²) in [5.41, 5.74) is 2.24. The number of halogens is 1. The summed E-state index contributed by atoms with van der Waals surface area (Å²) < 4.78 is 11.0. The lowest BCUT2D eigenvalue weighted by Gasteiger charge is -2.13. The zero-order chi connectivity index (χ0) is 25.8. The number of para-hydroxylation sites is 1. The molecule has 0 saturated heterocycles. The second-order valence-corrected chi connectivity index (χ2v) is 8.16. The third-order valence-electron chi connectivity index (χ3n) is 5.10. The molecule has 8 heteroatoms. The standard InChI is InChI=1S/C28H26ClN3O4/c1-35-25-17-21(15-22(18-30)28(34)31-14-8-11-20-9-4-2-5-10-20)16-24(29)27(25)36-19-26(33)32-23-12-6-3-7-13-23/h2-7,9-10,12-13,15-17H,8,11,14,19H2,1H3,(H,31,34)(H,32,33)/b22-15-. The molecular weight excluding hydrogens is 478 g/mol. The molecule has 0 aromatic heterocycles. The number of ether oxygens (including phenoxy) is 2. The molecule has 3 aromatic rings. The molecule has 0 saturated carbocycles. The molecule has 2 amide bonds. The van der Waals surface area contributed by atoms with E-state index in [4.69, 9.17) is 21.1 Å². The van der Waals surface area contributed by atoms with Crippen molar-refractivity contribution in [2.75, 3.05) is 25.6 Å². The second-order valence-electron chi connectivity index (χ2n) is 7.75. The maximum atomic E-state index is 12.5. The first-order valence-corrected chi connectivity index (χ1v) is 11.7. The first-order valence-electron chi connectivity index (χ1n) is 11.3. The molecular formula is C28H26ClN3O4. The van der Waals surface area contributed by atoms with Gasteiger partial charge in [0.15, 0.2) is 18.1 Å². The number of hydrogen-bond donors (Lipinski definition) is 2. The molecule has 184 valence electrons. The molecule has 0 bridgehead atoms. The summed E-state index contributed by atoms with van der Waals surface area (Å²) in [6.45, 7) is 0.156. The van der Waals surface area contributed by atoms with Crippen LogP contribution in [0.2, 0.25) is 5.02 Å². The van der Waals surface area contributed by atoms with Crippen molar-refractivity contribution in [3.8, 4) is 17.6 Å². The monoisotopic (exact) mass is 503 g/mol. The number of nitriles is 1. The number of nitrogens with one attached hydrogen (secondary N) is 2. The minimum absolute atomic E-state index is 0.0660. The van der Waals surface area contributed by atoms with E-state index in [1.54, 1.807) is 18.2 Å². The van der Waals surface area contributed by atoms with Gasteiger partial charge in [-0.3, -0.25) is 9.59 Å². The van der Waals surface area contributed by atoms with Crippen LogP contribution >= 0.6 is 11.6 Å². The number of rotatable bonds is 11. The zero-order valence-corrected chi connectivity index (χ0v) is 20.5. The predicted octanol–water partition coefficient (Wildman–Crippen LogP) is 5.02. The third kappa shape index (κ3) is 7.90. The summed E-state index contributed by atoms with van der Waals surface area (Å²) >= 11 is 6.37. The number of benzene rings is 3. The smallest absolute Gasteiger partial charge is 0.262 e. The minimum atomic E-state index is -0.474. The van der Waals surface area contributed by atoms with Crippen molar-refractivity contribution >= 4 is 35.2 Å². The molecule has 36 heavy (non-hydrogen) atoms. The van der Waals surface area contributed by atoms with Crippen LogP contribution in [-0.2, 0) is 16.0 Å². The Labute approximate surface area is 215 Å². The molecule has 0 unspecified atom stereocenters. The van der Waals surface area contributed by atoms with Gasteiger partial charge in [0.05, 0.1) is 12.1 Å². The lowest BCUT2D eigenvalue weighted by molar-refractivity contribution is -0.118. The van der Waals surface area contributed by atoms with Gasteiger partial charge in [-0.1, -0.05) is 60.1 Å². The highest BCUT2D eigenvalue weighted by Gasteiger charge is 2.15. The Balaban J connectivity index is 1.61. The fourth-order valence-electron chi connectivity index (χ4n) is 3.37.